The van der Waals surface area contributed by atoms with Crippen molar-refractivity contribution < 1.29 is 4.79 Å². The van der Waals surface area contributed by atoms with Crippen LogP contribution in [0.4, 0.5) is 23.0 Å². The summed E-state index contributed by atoms with van der Waals surface area (Å²) in [5.41, 5.74) is 7.55. The molecule has 0 radical (unpaired) electrons. The molecule has 0 spiro atoms. The van der Waals surface area contributed by atoms with Crippen LogP contribution in [0.2, 0.25) is 10.0 Å². The molecule has 0 aliphatic heterocycles. The van der Waals surface area contributed by atoms with E-state index < -0.39 is 0 Å². The zero-order valence-electron chi connectivity index (χ0n) is 25.8. The number of rotatable bonds is 11. The van der Waals surface area contributed by atoms with Gasteiger partial charge in [0.05, 0.1) is 39.0 Å². The van der Waals surface area contributed by atoms with Crippen molar-refractivity contribution in [1.29, 1.82) is 0 Å². The van der Waals surface area contributed by atoms with Crippen LogP contribution in [-0.2, 0) is 17.6 Å². The Kier molecular flexibility index (Phi) is 11.2. The van der Waals surface area contributed by atoms with E-state index in [9.17, 15) is 4.79 Å². The van der Waals surface area contributed by atoms with Gasteiger partial charge in [0.1, 0.15) is 0 Å². The molecule has 2 aromatic carbocycles. The first-order valence-electron chi connectivity index (χ1n) is 14.8. The first-order chi connectivity index (χ1) is 20.6. The average Bonchev–Trinajstić information content (AvgIpc) is 3.21. The number of benzene rings is 2. The Morgan fingerprint density at radius 1 is 1.14 bits per heavy atom. The van der Waals surface area contributed by atoms with Crippen molar-refractivity contribution in [2.75, 3.05) is 49.8 Å². The van der Waals surface area contributed by atoms with Gasteiger partial charge in [0, 0.05) is 25.7 Å². The second kappa shape index (κ2) is 14.9. The summed E-state index contributed by atoms with van der Waals surface area (Å²) < 4.78 is 0. The number of fused-ring (bicyclic) bond motifs is 1. The quantitative estimate of drug-likeness (QED) is 0.167. The van der Waals surface area contributed by atoms with Gasteiger partial charge in [-0.25, -0.2) is 9.97 Å². The maximum absolute atomic E-state index is 12.3. The third kappa shape index (κ3) is 7.96. The van der Waals surface area contributed by atoms with Gasteiger partial charge in [-0.15, -0.1) is 0 Å². The fourth-order valence-electron chi connectivity index (χ4n) is 5.57. The van der Waals surface area contributed by atoms with Gasteiger partial charge in [0.2, 0.25) is 11.9 Å². The first-order valence-corrected chi connectivity index (χ1v) is 15.6. The minimum atomic E-state index is -0.314. The lowest BCUT2D eigenvalue weighted by Gasteiger charge is -2.25. The lowest BCUT2D eigenvalue weighted by atomic mass is 9.87. The van der Waals surface area contributed by atoms with Crippen LogP contribution in [0.1, 0.15) is 55.5 Å². The van der Waals surface area contributed by atoms with E-state index in [0.29, 0.717) is 39.0 Å². The number of anilines is 4. The van der Waals surface area contributed by atoms with E-state index >= 15 is 0 Å². The highest BCUT2D eigenvalue weighted by Gasteiger charge is 2.22. The fraction of sp³-hybridized carbons (Fsp3) is 0.382. The molecular formula is C34H42Cl2N6O. The number of nitrogens with one attached hydrogen (secondary N) is 2. The topological polar surface area (TPSA) is 73.4 Å². The highest BCUT2D eigenvalue weighted by atomic mass is 35.5. The van der Waals surface area contributed by atoms with Gasteiger partial charge >= 0.3 is 0 Å². The van der Waals surface area contributed by atoms with E-state index in [-0.39, 0.29) is 5.91 Å². The number of allylic oxidation sites excluding steroid dienone is 1. The van der Waals surface area contributed by atoms with Crippen LogP contribution in [-0.4, -0.2) is 55.0 Å². The molecular weight excluding hydrogens is 579 g/mol. The Morgan fingerprint density at radius 3 is 2.63 bits per heavy atom. The van der Waals surface area contributed by atoms with E-state index in [1.165, 1.54) is 42.0 Å². The van der Waals surface area contributed by atoms with Crippen molar-refractivity contribution in [2.24, 2.45) is 5.92 Å². The molecule has 1 atom stereocenters. The van der Waals surface area contributed by atoms with Gasteiger partial charge < -0.3 is 20.4 Å². The summed E-state index contributed by atoms with van der Waals surface area (Å²) in [6, 6.07) is 10.2. The highest BCUT2D eigenvalue weighted by molar-refractivity contribution is 6.34. The molecule has 1 unspecified atom stereocenters. The molecule has 1 amide bonds. The number of carbonyl (C=O) groups is 1. The molecule has 0 bridgehead atoms. The number of halogens is 2. The first kappa shape index (κ1) is 32.5. The van der Waals surface area contributed by atoms with Crippen molar-refractivity contribution in [1.82, 2.24) is 14.9 Å². The van der Waals surface area contributed by atoms with Crippen molar-refractivity contribution >= 4 is 57.7 Å². The second-order valence-electron chi connectivity index (χ2n) is 11.3. The molecule has 1 aliphatic carbocycles. The van der Waals surface area contributed by atoms with Crippen LogP contribution in [0, 0.1) is 5.92 Å². The minimum Gasteiger partial charge on any atom is -0.372 e. The largest absolute Gasteiger partial charge is 0.372 e. The molecule has 1 aromatic heterocycles. The summed E-state index contributed by atoms with van der Waals surface area (Å²) >= 11 is 13.5. The predicted molar refractivity (Wildman–Crippen MR) is 182 cm³/mol. The molecule has 0 fully saturated rings. The summed E-state index contributed by atoms with van der Waals surface area (Å²) in [5.74, 6) is 0.704. The van der Waals surface area contributed by atoms with Gasteiger partial charge in [0.15, 0.2) is 0 Å². The number of aryl methyl sites for hydroxylation is 1. The summed E-state index contributed by atoms with van der Waals surface area (Å²) in [6.45, 7) is 9.47. The van der Waals surface area contributed by atoms with E-state index in [4.69, 9.17) is 28.2 Å². The molecule has 7 nitrogen and oxygen atoms in total. The summed E-state index contributed by atoms with van der Waals surface area (Å²) in [5, 5.41) is 7.11. The van der Waals surface area contributed by atoms with E-state index in [2.05, 4.69) is 63.2 Å². The normalized spacial score (nSPS) is 15.1. The molecule has 4 rings (SSSR count). The Labute approximate surface area is 266 Å². The van der Waals surface area contributed by atoms with E-state index in [0.717, 1.165) is 37.2 Å². The Balaban J connectivity index is 1.70. The zero-order valence-corrected chi connectivity index (χ0v) is 27.3. The zero-order chi connectivity index (χ0) is 31.1. The second-order valence-corrected chi connectivity index (χ2v) is 12.1. The number of amides is 1. The Morgan fingerprint density at radius 2 is 1.93 bits per heavy atom. The van der Waals surface area contributed by atoms with Crippen molar-refractivity contribution in [3.63, 3.8) is 0 Å². The molecule has 0 saturated carbocycles. The molecule has 0 saturated heterocycles. The summed E-state index contributed by atoms with van der Waals surface area (Å²) in [6.07, 6.45) is 10.7. The number of likely N-dealkylation sites (N-methyl/N-ethyl adjacent to an activating group) is 2. The standard InChI is InChI=1S/C34H42Cl2N6O/c1-7-22-12-10-13-23-14-11-15-25(26(23)18-22)24(8-2)33-28(36)21-37-34(40-33)39-29-20-30(38-32(43)9-3)31(19-27(29)35)42(6)17-16-41(4)5/h8-9,11,14-15,19-22H,3,7,10,12-13,16-18H2,1-2,4-6H3,(H,38,43)(H,37,39,40). The van der Waals surface area contributed by atoms with Gasteiger partial charge in [-0.05, 0) is 87.5 Å². The maximum atomic E-state index is 12.3. The monoisotopic (exact) mass is 620 g/mol. The molecule has 1 heterocycles. The SMILES string of the molecule is C=CC(=O)Nc1cc(Nc2ncc(Cl)c(C(=CC)c3cccc4c3CC(CC)CCC4)n2)c(Cl)cc1N(C)CCN(C)C. The van der Waals surface area contributed by atoms with Gasteiger partial charge in [0.25, 0.3) is 0 Å². The number of hydrogen-bond donors (Lipinski definition) is 2. The lowest BCUT2D eigenvalue weighted by molar-refractivity contribution is -0.111. The summed E-state index contributed by atoms with van der Waals surface area (Å²) in [7, 11) is 6.00. The van der Waals surface area contributed by atoms with E-state index in [1.807, 2.05) is 34.1 Å². The van der Waals surface area contributed by atoms with Crippen LogP contribution in [0.25, 0.3) is 5.57 Å². The van der Waals surface area contributed by atoms with Crippen molar-refractivity contribution in [2.45, 2.75) is 46.0 Å². The van der Waals surface area contributed by atoms with Crippen LogP contribution in [0.3, 0.4) is 0 Å². The minimum absolute atomic E-state index is 0.314. The van der Waals surface area contributed by atoms with Crippen LogP contribution in [0.5, 0.6) is 0 Å². The van der Waals surface area contributed by atoms with E-state index in [1.54, 1.807) is 12.3 Å². The number of carbonyl (C=O) groups excluding carboxylic acids is 1. The lowest BCUT2D eigenvalue weighted by Crippen LogP contribution is -2.29. The van der Waals surface area contributed by atoms with Gasteiger partial charge in [-0.1, -0.05) is 67.4 Å². The predicted octanol–water partition coefficient (Wildman–Crippen LogP) is 8.01. The average molecular weight is 622 g/mol. The third-order valence-corrected chi connectivity index (χ3v) is 8.64. The molecule has 3 aromatic rings. The van der Waals surface area contributed by atoms with Crippen LogP contribution >= 0.6 is 23.2 Å². The molecule has 1 aliphatic rings. The molecule has 43 heavy (non-hydrogen) atoms. The third-order valence-electron chi connectivity index (χ3n) is 8.05. The van der Waals surface area contributed by atoms with Gasteiger partial charge in [-0.2, -0.15) is 0 Å². The highest BCUT2D eigenvalue weighted by Crippen LogP contribution is 2.38. The molecule has 9 heteroatoms. The Bertz CT molecular complexity index is 1500. The van der Waals surface area contributed by atoms with Crippen molar-refractivity contribution in [3.8, 4) is 0 Å². The fourth-order valence-corrected chi connectivity index (χ4v) is 5.97. The summed E-state index contributed by atoms with van der Waals surface area (Å²) in [4.78, 5) is 25.8. The van der Waals surface area contributed by atoms with Crippen LogP contribution in [0.15, 0.2) is 55.3 Å². The Hall–Kier alpha value is -3.39. The van der Waals surface area contributed by atoms with Crippen molar-refractivity contribution in [3.05, 3.63) is 87.7 Å². The number of aromatic nitrogens is 2. The molecule has 2 N–H and O–H groups in total. The smallest absolute Gasteiger partial charge is 0.247 e. The van der Waals surface area contributed by atoms with Gasteiger partial charge in [-0.3, -0.25) is 4.79 Å². The van der Waals surface area contributed by atoms with Crippen LogP contribution < -0.4 is 15.5 Å². The number of nitrogens with zero attached hydrogens (tertiary/aromatic N) is 4. The number of hydrogen-bond acceptors (Lipinski definition) is 6. The maximum Gasteiger partial charge on any atom is 0.247 e. The molecule has 228 valence electrons.